The Bertz CT molecular complexity index is 409. The van der Waals surface area contributed by atoms with E-state index in [9.17, 15) is 4.79 Å². The zero-order valence-electron chi connectivity index (χ0n) is 6.46. The molecule has 0 aliphatic rings. The minimum Gasteiger partial charge on any atom is -0.365 e. The first-order chi connectivity index (χ1) is 5.66. The van der Waals surface area contributed by atoms with E-state index in [-0.39, 0.29) is 5.91 Å². The van der Waals surface area contributed by atoms with Crippen LogP contribution in [0.15, 0.2) is 12.1 Å². The molecule has 0 unspecified atom stereocenters. The van der Waals surface area contributed by atoms with E-state index in [2.05, 4.69) is 13.0 Å². The molecule has 12 heavy (non-hydrogen) atoms. The van der Waals surface area contributed by atoms with Crippen molar-refractivity contribution in [3.63, 3.8) is 0 Å². The van der Waals surface area contributed by atoms with Crippen LogP contribution in [0.5, 0.6) is 0 Å². The van der Waals surface area contributed by atoms with Gasteiger partial charge in [0.25, 0.3) is 5.91 Å². The predicted octanol–water partition coefficient (Wildman–Crippen LogP) is 2.37. The third-order valence-electron chi connectivity index (χ3n) is 1.57. The van der Waals surface area contributed by atoms with Gasteiger partial charge in [0, 0.05) is 14.3 Å². The molecule has 0 spiro atoms. The van der Waals surface area contributed by atoms with Gasteiger partial charge in [0.2, 0.25) is 0 Å². The molecule has 0 aliphatic carbocycles. The number of hydrogen-bond acceptors (Lipinski definition) is 3. The molecule has 2 rings (SSSR count). The van der Waals surface area contributed by atoms with Crippen LogP contribution in [0.4, 0.5) is 0 Å². The largest absolute Gasteiger partial charge is 0.365 e. The molecule has 2 nitrogen and oxygen atoms in total. The minimum absolute atomic E-state index is 0.332. The number of nitrogens with two attached hydrogens (primary N) is 1. The van der Waals surface area contributed by atoms with Gasteiger partial charge in [0.1, 0.15) is 0 Å². The second kappa shape index (κ2) is 2.57. The lowest BCUT2D eigenvalue weighted by molar-refractivity contribution is 0.100. The number of carbonyl (C=O) groups is 1. The van der Waals surface area contributed by atoms with Crippen LogP contribution in [0.1, 0.15) is 14.5 Å². The fraction of sp³-hybridized carbons (Fsp3) is 0.125. The molecule has 0 saturated heterocycles. The van der Waals surface area contributed by atoms with Gasteiger partial charge in [-0.2, -0.15) is 0 Å². The van der Waals surface area contributed by atoms with E-state index in [1.54, 1.807) is 11.3 Å². The molecule has 2 N–H and O–H groups in total. The lowest BCUT2D eigenvalue weighted by Gasteiger charge is -1.82. The van der Waals surface area contributed by atoms with Crippen molar-refractivity contribution in [1.29, 1.82) is 0 Å². The number of thiophene rings is 2. The van der Waals surface area contributed by atoms with E-state index in [4.69, 9.17) is 5.73 Å². The standard InChI is InChI=1S/C8H7NOS2/c1-4-2-5-6(11-4)3-7(12-5)8(9)10/h2-3H,1H3,(H2,9,10). The maximum absolute atomic E-state index is 10.8. The Morgan fingerprint density at radius 1 is 1.33 bits per heavy atom. The Morgan fingerprint density at radius 2 is 2.00 bits per heavy atom. The van der Waals surface area contributed by atoms with Gasteiger partial charge in [-0.3, -0.25) is 4.79 Å². The molecule has 2 aromatic rings. The van der Waals surface area contributed by atoms with Gasteiger partial charge in [-0.25, -0.2) is 0 Å². The fourth-order valence-electron chi connectivity index (χ4n) is 1.08. The highest BCUT2D eigenvalue weighted by molar-refractivity contribution is 7.28. The summed E-state index contributed by atoms with van der Waals surface area (Å²) in [6.45, 7) is 2.06. The number of primary amides is 1. The summed E-state index contributed by atoms with van der Waals surface area (Å²) >= 11 is 3.16. The van der Waals surface area contributed by atoms with E-state index >= 15 is 0 Å². The highest BCUT2D eigenvalue weighted by Crippen LogP contribution is 2.32. The number of hydrogen-bond donors (Lipinski definition) is 1. The molecular weight excluding hydrogens is 190 g/mol. The molecule has 62 valence electrons. The number of aryl methyl sites for hydroxylation is 1. The summed E-state index contributed by atoms with van der Waals surface area (Å²) in [5, 5.41) is 0. The van der Waals surface area contributed by atoms with Crippen LogP contribution < -0.4 is 5.73 Å². The fourth-order valence-corrected chi connectivity index (χ4v) is 3.25. The summed E-state index contributed by atoms with van der Waals surface area (Å²) in [7, 11) is 0. The van der Waals surface area contributed by atoms with Crippen LogP contribution in [0.25, 0.3) is 9.40 Å². The van der Waals surface area contributed by atoms with Crippen molar-refractivity contribution in [2.45, 2.75) is 6.92 Å². The van der Waals surface area contributed by atoms with Crippen LogP contribution in [-0.2, 0) is 0 Å². The normalized spacial score (nSPS) is 10.8. The number of fused-ring (bicyclic) bond motifs is 1. The van der Waals surface area contributed by atoms with Crippen molar-refractivity contribution in [3.8, 4) is 0 Å². The Kier molecular flexibility index (Phi) is 1.66. The number of carbonyl (C=O) groups excluding carboxylic acids is 1. The van der Waals surface area contributed by atoms with Crippen LogP contribution in [0.2, 0.25) is 0 Å². The quantitative estimate of drug-likeness (QED) is 0.749. The van der Waals surface area contributed by atoms with E-state index in [1.807, 2.05) is 6.07 Å². The molecule has 4 heteroatoms. The van der Waals surface area contributed by atoms with Crippen molar-refractivity contribution in [2.75, 3.05) is 0 Å². The summed E-state index contributed by atoms with van der Waals surface area (Å²) in [6.07, 6.45) is 0. The maximum Gasteiger partial charge on any atom is 0.258 e. The Labute approximate surface area is 77.6 Å². The van der Waals surface area contributed by atoms with Gasteiger partial charge in [0.05, 0.1) is 4.88 Å². The molecule has 0 atom stereocenters. The summed E-state index contributed by atoms with van der Waals surface area (Å²) in [5.41, 5.74) is 5.15. The second-order valence-electron chi connectivity index (χ2n) is 2.56. The molecule has 0 aliphatic heterocycles. The van der Waals surface area contributed by atoms with E-state index < -0.39 is 0 Å². The van der Waals surface area contributed by atoms with Gasteiger partial charge >= 0.3 is 0 Å². The van der Waals surface area contributed by atoms with E-state index in [0.717, 1.165) is 9.40 Å². The zero-order chi connectivity index (χ0) is 8.72. The summed E-state index contributed by atoms with van der Waals surface area (Å²) in [6, 6.07) is 3.94. The van der Waals surface area contributed by atoms with E-state index in [0.29, 0.717) is 4.88 Å². The first-order valence-corrected chi connectivity index (χ1v) is 5.10. The maximum atomic E-state index is 10.8. The average Bonchev–Trinajstić information content (AvgIpc) is 2.42. The Balaban J connectivity index is 2.64. The summed E-state index contributed by atoms with van der Waals surface area (Å²) in [4.78, 5) is 12.7. The molecule has 1 amide bonds. The highest BCUT2D eigenvalue weighted by Gasteiger charge is 2.07. The lowest BCUT2D eigenvalue weighted by atomic mass is 10.4. The number of amides is 1. The topological polar surface area (TPSA) is 43.1 Å². The average molecular weight is 197 g/mol. The zero-order valence-corrected chi connectivity index (χ0v) is 8.09. The molecule has 0 fully saturated rings. The van der Waals surface area contributed by atoms with Gasteiger partial charge in [0.15, 0.2) is 0 Å². The van der Waals surface area contributed by atoms with E-state index in [1.165, 1.54) is 16.2 Å². The monoisotopic (exact) mass is 197 g/mol. The van der Waals surface area contributed by atoms with Crippen molar-refractivity contribution >= 4 is 38.0 Å². The lowest BCUT2D eigenvalue weighted by Crippen LogP contribution is -2.07. The first kappa shape index (κ1) is 7.76. The van der Waals surface area contributed by atoms with Gasteiger partial charge in [-0.05, 0) is 19.1 Å². The SMILES string of the molecule is Cc1cc2sc(C(N)=O)cc2s1. The summed E-state index contributed by atoms with van der Waals surface area (Å²) < 4.78 is 2.32. The van der Waals surface area contributed by atoms with Crippen molar-refractivity contribution < 1.29 is 4.79 Å². The molecule has 0 aromatic carbocycles. The third-order valence-corrected chi connectivity index (χ3v) is 3.80. The number of rotatable bonds is 1. The molecule has 2 heterocycles. The van der Waals surface area contributed by atoms with Crippen molar-refractivity contribution in [3.05, 3.63) is 21.9 Å². The second-order valence-corrected chi connectivity index (χ2v) is 4.93. The molecule has 0 saturated carbocycles. The molecule has 0 radical (unpaired) electrons. The Hall–Kier alpha value is -0.870. The summed E-state index contributed by atoms with van der Waals surface area (Å²) in [5.74, 6) is -0.332. The molecule has 0 bridgehead atoms. The Morgan fingerprint density at radius 3 is 2.58 bits per heavy atom. The van der Waals surface area contributed by atoms with Crippen LogP contribution in [-0.4, -0.2) is 5.91 Å². The van der Waals surface area contributed by atoms with Crippen molar-refractivity contribution in [1.82, 2.24) is 0 Å². The van der Waals surface area contributed by atoms with Gasteiger partial charge in [-0.1, -0.05) is 0 Å². The predicted molar refractivity (Wildman–Crippen MR) is 53.0 cm³/mol. The van der Waals surface area contributed by atoms with Crippen LogP contribution in [0, 0.1) is 6.92 Å². The smallest absolute Gasteiger partial charge is 0.258 e. The van der Waals surface area contributed by atoms with Crippen LogP contribution >= 0.6 is 22.7 Å². The molecule has 2 aromatic heterocycles. The van der Waals surface area contributed by atoms with Gasteiger partial charge in [-0.15, -0.1) is 22.7 Å². The minimum atomic E-state index is -0.332. The highest BCUT2D eigenvalue weighted by atomic mass is 32.1. The van der Waals surface area contributed by atoms with Crippen molar-refractivity contribution in [2.24, 2.45) is 5.73 Å². The van der Waals surface area contributed by atoms with Gasteiger partial charge < -0.3 is 5.73 Å². The first-order valence-electron chi connectivity index (χ1n) is 3.46. The van der Waals surface area contributed by atoms with Crippen LogP contribution in [0.3, 0.4) is 0 Å². The third kappa shape index (κ3) is 1.13. The molecular formula is C8H7NOS2.